The van der Waals surface area contributed by atoms with Crippen molar-refractivity contribution in [2.45, 2.75) is 33.0 Å². The Balaban J connectivity index is 2.38. The number of hydrogen-bond acceptors (Lipinski definition) is 4. The first kappa shape index (κ1) is 12.8. The van der Waals surface area contributed by atoms with Crippen LogP contribution in [0.1, 0.15) is 25.0 Å². The van der Waals surface area contributed by atoms with E-state index < -0.39 is 0 Å². The van der Waals surface area contributed by atoms with Crippen LogP contribution < -0.4 is 10.6 Å². The van der Waals surface area contributed by atoms with E-state index in [1.807, 2.05) is 26.8 Å². The zero-order valence-electron chi connectivity index (χ0n) is 11.1. The quantitative estimate of drug-likeness (QED) is 0.611. The van der Waals surface area contributed by atoms with E-state index in [1.165, 1.54) is 0 Å². The molecule has 3 N–H and O–H groups in total. The van der Waals surface area contributed by atoms with E-state index in [4.69, 9.17) is 15.9 Å². The number of aryl methyl sites for hydroxylation is 1. The van der Waals surface area contributed by atoms with E-state index in [-0.39, 0.29) is 18.0 Å². The van der Waals surface area contributed by atoms with Gasteiger partial charge in [-0.2, -0.15) is 0 Å². The van der Waals surface area contributed by atoms with E-state index in [2.05, 4.69) is 9.88 Å². The summed E-state index contributed by atoms with van der Waals surface area (Å²) in [6.45, 7) is 7.61. The standard InChI is InChI=1S/C13H20N4O/c1-8-4-5-16-13(11(8)12(14)15)17-6-9(2)18-10(3)7-17/h4-5,9-10H,6-7H2,1-3H3,(H3,14,15)/t9-,10+. The molecule has 5 heteroatoms. The van der Waals surface area contributed by atoms with Crippen molar-refractivity contribution < 1.29 is 4.74 Å². The van der Waals surface area contributed by atoms with Crippen molar-refractivity contribution >= 4 is 11.7 Å². The number of nitrogen functional groups attached to an aromatic ring is 1. The molecule has 1 aliphatic heterocycles. The Kier molecular flexibility index (Phi) is 3.52. The fraction of sp³-hybridized carbons (Fsp3) is 0.538. The molecule has 0 bridgehead atoms. The van der Waals surface area contributed by atoms with E-state index in [1.54, 1.807) is 6.20 Å². The van der Waals surface area contributed by atoms with E-state index >= 15 is 0 Å². The molecule has 5 nitrogen and oxygen atoms in total. The highest BCUT2D eigenvalue weighted by molar-refractivity contribution is 6.01. The first-order valence-electron chi connectivity index (χ1n) is 6.19. The van der Waals surface area contributed by atoms with E-state index in [0.717, 1.165) is 30.0 Å². The second kappa shape index (κ2) is 4.94. The molecule has 1 fully saturated rings. The van der Waals surface area contributed by atoms with Gasteiger partial charge in [-0.25, -0.2) is 4.98 Å². The maximum atomic E-state index is 7.72. The smallest absolute Gasteiger partial charge is 0.139 e. The summed E-state index contributed by atoms with van der Waals surface area (Å²) in [5.74, 6) is 0.867. The van der Waals surface area contributed by atoms with Crippen molar-refractivity contribution in [2.75, 3.05) is 18.0 Å². The molecule has 0 aromatic carbocycles. The fourth-order valence-corrected chi connectivity index (χ4v) is 2.47. The Bertz CT molecular complexity index is 450. The molecule has 0 aliphatic carbocycles. The van der Waals surface area contributed by atoms with E-state index in [0.29, 0.717) is 0 Å². The van der Waals surface area contributed by atoms with Gasteiger partial charge < -0.3 is 15.4 Å². The molecule has 1 aliphatic rings. The Morgan fingerprint density at radius 2 is 2.06 bits per heavy atom. The van der Waals surface area contributed by atoms with Crippen LogP contribution in [-0.4, -0.2) is 36.1 Å². The summed E-state index contributed by atoms with van der Waals surface area (Å²) in [5, 5.41) is 7.72. The van der Waals surface area contributed by atoms with Gasteiger partial charge in [0.2, 0.25) is 0 Å². The van der Waals surface area contributed by atoms with Gasteiger partial charge in [-0.1, -0.05) is 0 Å². The lowest BCUT2D eigenvalue weighted by molar-refractivity contribution is -0.00547. The average molecular weight is 248 g/mol. The van der Waals surface area contributed by atoms with Crippen LogP contribution in [0.3, 0.4) is 0 Å². The highest BCUT2D eigenvalue weighted by Crippen LogP contribution is 2.24. The highest BCUT2D eigenvalue weighted by Gasteiger charge is 2.25. The predicted octanol–water partition coefficient (Wildman–Crippen LogP) is 1.29. The van der Waals surface area contributed by atoms with Crippen LogP contribution in [0, 0.1) is 12.3 Å². The number of pyridine rings is 1. The second-order valence-electron chi connectivity index (χ2n) is 4.90. The molecular weight excluding hydrogens is 228 g/mol. The van der Waals surface area contributed by atoms with Crippen LogP contribution in [-0.2, 0) is 4.74 Å². The van der Waals surface area contributed by atoms with Crippen molar-refractivity contribution in [3.63, 3.8) is 0 Å². The number of aromatic nitrogens is 1. The minimum absolute atomic E-state index is 0.0717. The third-order valence-electron chi connectivity index (χ3n) is 3.13. The van der Waals surface area contributed by atoms with Crippen LogP contribution in [0.15, 0.2) is 12.3 Å². The van der Waals surface area contributed by atoms with Crippen LogP contribution in [0.25, 0.3) is 0 Å². The van der Waals surface area contributed by atoms with Crippen molar-refractivity contribution in [1.82, 2.24) is 4.98 Å². The Morgan fingerprint density at radius 1 is 1.44 bits per heavy atom. The summed E-state index contributed by atoms with van der Waals surface area (Å²) >= 11 is 0. The number of nitrogens with one attached hydrogen (secondary N) is 1. The van der Waals surface area contributed by atoms with Gasteiger partial charge in [0, 0.05) is 19.3 Å². The molecule has 2 rings (SSSR count). The Morgan fingerprint density at radius 3 is 2.61 bits per heavy atom. The molecule has 0 amide bonds. The largest absolute Gasteiger partial charge is 0.384 e. The highest BCUT2D eigenvalue weighted by atomic mass is 16.5. The summed E-state index contributed by atoms with van der Waals surface area (Å²) in [6, 6.07) is 1.88. The third kappa shape index (κ3) is 2.46. The van der Waals surface area contributed by atoms with Crippen LogP contribution in [0.2, 0.25) is 0 Å². The van der Waals surface area contributed by atoms with Crippen LogP contribution >= 0.6 is 0 Å². The molecule has 98 valence electrons. The van der Waals surface area contributed by atoms with Crippen molar-refractivity contribution in [3.8, 4) is 0 Å². The van der Waals surface area contributed by atoms with Crippen LogP contribution in [0.4, 0.5) is 5.82 Å². The number of rotatable bonds is 2. The number of ether oxygens (including phenoxy) is 1. The topological polar surface area (TPSA) is 75.2 Å². The summed E-state index contributed by atoms with van der Waals surface area (Å²) < 4.78 is 5.71. The Hall–Kier alpha value is -1.62. The second-order valence-corrected chi connectivity index (χ2v) is 4.90. The summed E-state index contributed by atoms with van der Waals surface area (Å²) in [7, 11) is 0. The third-order valence-corrected chi connectivity index (χ3v) is 3.13. The molecule has 18 heavy (non-hydrogen) atoms. The van der Waals surface area contributed by atoms with Gasteiger partial charge in [0.15, 0.2) is 0 Å². The maximum absolute atomic E-state index is 7.72. The normalized spacial score (nSPS) is 24.1. The number of amidine groups is 1. The first-order chi connectivity index (χ1) is 8.49. The molecule has 2 atom stereocenters. The van der Waals surface area contributed by atoms with Gasteiger partial charge in [-0.3, -0.25) is 5.41 Å². The number of hydrogen-bond donors (Lipinski definition) is 2. The molecule has 0 radical (unpaired) electrons. The first-order valence-corrected chi connectivity index (χ1v) is 6.19. The van der Waals surface area contributed by atoms with Gasteiger partial charge in [0.1, 0.15) is 11.7 Å². The zero-order valence-corrected chi connectivity index (χ0v) is 11.1. The average Bonchev–Trinajstić information content (AvgIpc) is 2.26. The molecule has 0 spiro atoms. The van der Waals surface area contributed by atoms with Gasteiger partial charge in [-0.15, -0.1) is 0 Å². The molecule has 1 aromatic heterocycles. The lowest BCUT2D eigenvalue weighted by Crippen LogP contribution is -2.46. The monoisotopic (exact) mass is 248 g/mol. The van der Waals surface area contributed by atoms with Gasteiger partial charge >= 0.3 is 0 Å². The van der Waals surface area contributed by atoms with Gasteiger partial charge in [-0.05, 0) is 32.4 Å². The number of nitrogens with zero attached hydrogens (tertiary/aromatic N) is 2. The fourth-order valence-electron chi connectivity index (χ4n) is 2.47. The number of morpholine rings is 1. The maximum Gasteiger partial charge on any atom is 0.139 e. The molecular formula is C13H20N4O. The van der Waals surface area contributed by atoms with Crippen LogP contribution in [0.5, 0.6) is 0 Å². The molecule has 0 saturated carbocycles. The van der Waals surface area contributed by atoms with Gasteiger partial charge in [0.25, 0.3) is 0 Å². The predicted molar refractivity (Wildman–Crippen MR) is 72.2 cm³/mol. The molecule has 0 unspecified atom stereocenters. The number of nitrogens with two attached hydrogens (primary N) is 1. The minimum Gasteiger partial charge on any atom is -0.384 e. The summed E-state index contributed by atoms with van der Waals surface area (Å²) in [5.41, 5.74) is 7.40. The SMILES string of the molecule is Cc1ccnc(N2C[C@@H](C)O[C@@H](C)C2)c1C(=N)N. The molecule has 2 heterocycles. The van der Waals surface area contributed by atoms with Crippen molar-refractivity contribution in [3.05, 3.63) is 23.4 Å². The lowest BCUT2D eigenvalue weighted by Gasteiger charge is -2.37. The Labute approximate surface area is 107 Å². The van der Waals surface area contributed by atoms with Crippen molar-refractivity contribution in [1.29, 1.82) is 5.41 Å². The molecule has 1 aromatic rings. The van der Waals surface area contributed by atoms with E-state index in [9.17, 15) is 0 Å². The summed E-state index contributed by atoms with van der Waals surface area (Å²) in [4.78, 5) is 6.56. The lowest BCUT2D eigenvalue weighted by atomic mass is 10.1. The zero-order chi connectivity index (χ0) is 13.3. The summed E-state index contributed by atoms with van der Waals surface area (Å²) in [6.07, 6.45) is 2.09. The van der Waals surface area contributed by atoms with Gasteiger partial charge in [0.05, 0.1) is 17.8 Å². The minimum atomic E-state index is 0.0717. The van der Waals surface area contributed by atoms with Crippen molar-refractivity contribution in [2.24, 2.45) is 5.73 Å². The molecule has 1 saturated heterocycles. The number of anilines is 1.